The summed E-state index contributed by atoms with van der Waals surface area (Å²) < 4.78 is 54.3. The lowest BCUT2D eigenvalue weighted by atomic mass is 9.82. The summed E-state index contributed by atoms with van der Waals surface area (Å²) >= 11 is 5.92. The van der Waals surface area contributed by atoms with Gasteiger partial charge in [0, 0.05) is 6.20 Å². The number of hydrogen-bond donors (Lipinski definition) is 0. The van der Waals surface area contributed by atoms with Crippen LogP contribution >= 0.6 is 11.6 Å². The molecule has 0 atom stereocenters. The van der Waals surface area contributed by atoms with Crippen molar-refractivity contribution in [1.82, 2.24) is 4.98 Å². The van der Waals surface area contributed by atoms with Crippen LogP contribution in [-0.4, -0.2) is 23.9 Å². The van der Waals surface area contributed by atoms with Crippen molar-refractivity contribution in [3.05, 3.63) is 22.8 Å². The zero-order valence-corrected chi connectivity index (χ0v) is 12.9. The van der Waals surface area contributed by atoms with Gasteiger partial charge in [-0.25, -0.2) is 13.8 Å². The second-order valence-corrected chi connectivity index (χ2v) is 5.90. The maximum absolute atomic E-state index is 12.8. The molecule has 0 spiro atoms. The second-order valence-electron chi connectivity index (χ2n) is 5.50. The van der Waals surface area contributed by atoms with Gasteiger partial charge in [-0.3, -0.25) is 0 Å². The fourth-order valence-corrected chi connectivity index (χ4v) is 2.12. The minimum Gasteiger partial charge on any atom is -0.470 e. The molecule has 0 aromatic carbocycles. The van der Waals surface area contributed by atoms with Crippen molar-refractivity contribution in [2.75, 3.05) is 6.61 Å². The standard InChI is InChI=1S/C14H18ClF4NO/c1-4-5-13(2,3)9-6-10(15)11(20-7-9)21-8-14(18,19)12(16)17/h6-7,12H,4-5,8H2,1-3H3. The fraction of sp³-hybridized carbons (Fsp3) is 0.643. The summed E-state index contributed by atoms with van der Waals surface area (Å²) in [4.78, 5) is 3.86. The molecule has 120 valence electrons. The molecule has 0 aliphatic rings. The van der Waals surface area contributed by atoms with E-state index in [1.807, 2.05) is 20.8 Å². The van der Waals surface area contributed by atoms with E-state index in [1.165, 1.54) is 6.20 Å². The van der Waals surface area contributed by atoms with Crippen LogP contribution in [0.1, 0.15) is 39.2 Å². The molecule has 2 nitrogen and oxygen atoms in total. The van der Waals surface area contributed by atoms with E-state index in [-0.39, 0.29) is 16.3 Å². The van der Waals surface area contributed by atoms with Crippen LogP contribution in [0.15, 0.2) is 12.3 Å². The maximum atomic E-state index is 12.8. The Morgan fingerprint density at radius 2 is 1.95 bits per heavy atom. The lowest BCUT2D eigenvalue weighted by Gasteiger charge is -2.25. The van der Waals surface area contributed by atoms with E-state index < -0.39 is 19.0 Å². The normalized spacial score (nSPS) is 12.8. The van der Waals surface area contributed by atoms with Crippen LogP contribution in [-0.2, 0) is 5.41 Å². The molecule has 0 aliphatic carbocycles. The minimum absolute atomic E-state index is 0.0294. The summed E-state index contributed by atoms with van der Waals surface area (Å²) in [6.07, 6.45) is -0.464. The Morgan fingerprint density at radius 1 is 1.33 bits per heavy atom. The summed E-state index contributed by atoms with van der Waals surface area (Å²) in [5.74, 6) is -4.50. The Labute approximate surface area is 126 Å². The van der Waals surface area contributed by atoms with Crippen molar-refractivity contribution < 1.29 is 22.3 Å². The first-order valence-corrected chi connectivity index (χ1v) is 6.92. The van der Waals surface area contributed by atoms with Gasteiger partial charge in [0.25, 0.3) is 0 Å². The molecule has 0 fully saturated rings. The summed E-state index contributed by atoms with van der Waals surface area (Å²) in [7, 11) is 0. The molecular formula is C14H18ClF4NO. The molecule has 0 unspecified atom stereocenters. The molecule has 1 aromatic rings. The Kier molecular flexibility index (Phi) is 5.84. The maximum Gasteiger partial charge on any atom is 0.340 e. The van der Waals surface area contributed by atoms with Crippen molar-refractivity contribution in [3.63, 3.8) is 0 Å². The van der Waals surface area contributed by atoms with E-state index in [1.54, 1.807) is 6.07 Å². The molecular weight excluding hydrogens is 310 g/mol. The van der Waals surface area contributed by atoms with Gasteiger partial charge in [0.05, 0.1) is 0 Å². The van der Waals surface area contributed by atoms with Crippen LogP contribution < -0.4 is 4.74 Å². The van der Waals surface area contributed by atoms with E-state index in [0.717, 1.165) is 18.4 Å². The largest absolute Gasteiger partial charge is 0.470 e. The van der Waals surface area contributed by atoms with E-state index in [2.05, 4.69) is 9.72 Å². The number of halogens is 5. The number of alkyl halides is 4. The van der Waals surface area contributed by atoms with Gasteiger partial charge in [-0.15, -0.1) is 0 Å². The highest BCUT2D eigenvalue weighted by Crippen LogP contribution is 2.33. The van der Waals surface area contributed by atoms with Crippen molar-refractivity contribution >= 4 is 11.6 Å². The molecule has 0 saturated carbocycles. The van der Waals surface area contributed by atoms with Gasteiger partial charge >= 0.3 is 12.3 Å². The van der Waals surface area contributed by atoms with Crippen molar-refractivity contribution in [1.29, 1.82) is 0 Å². The topological polar surface area (TPSA) is 22.1 Å². The third-order valence-electron chi connectivity index (χ3n) is 3.18. The van der Waals surface area contributed by atoms with Crippen LogP contribution in [0, 0.1) is 0 Å². The van der Waals surface area contributed by atoms with E-state index in [9.17, 15) is 17.6 Å². The quantitative estimate of drug-likeness (QED) is 0.651. The van der Waals surface area contributed by atoms with Crippen molar-refractivity contribution in [2.45, 2.75) is 51.4 Å². The van der Waals surface area contributed by atoms with Gasteiger partial charge in [0.1, 0.15) is 5.02 Å². The van der Waals surface area contributed by atoms with Gasteiger partial charge in [0.15, 0.2) is 6.61 Å². The first-order chi connectivity index (χ1) is 9.60. The van der Waals surface area contributed by atoms with Crippen LogP contribution in [0.5, 0.6) is 5.88 Å². The highest BCUT2D eigenvalue weighted by molar-refractivity contribution is 6.31. The Bertz CT molecular complexity index is 480. The molecule has 1 aromatic heterocycles. The number of nitrogens with zero attached hydrogens (tertiary/aromatic N) is 1. The first kappa shape index (κ1) is 18.0. The summed E-state index contributed by atoms with van der Waals surface area (Å²) in [6, 6.07) is 1.57. The number of ether oxygens (including phenoxy) is 1. The average Bonchev–Trinajstić information content (AvgIpc) is 2.37. The lowest BCUT2D eigenvalue weighted by Crippen LogP contribution is -2.34. The Hall–Kier alpha value is -1.04. The van der Waals surface area contributed by atoms with E-state index >= 15 is 0 Å². The highest BCUT2D eigenvalue weighted by atomic mass is 35.5. The van der Waals surface area contributed by atoms with Gasteiger partial charge in [-0.2, -0.15) is 8.78 Å². The Morgan fingerprint density at radius 3 is 2.43 bits per heavy atom. The fourth-order valence-electron chi connectivity index (χ4n) is 1.90. The van der Waals surface area contributed by atoms with Gasteiger partial charge in [0.2, 0.25) is 5.88 Å². The lowest BCUT2D eigenvalue weighted by molar-refractivity contribution is -0.148. The van der Waals surface area contributed by atoms with E-state index in [0.29, 0.717) is 0 Å². The molecule has 1 rings (SSSR count). The number of rotatable bonds is 7. The molecule has 0 amide bonds. The zero-order chi connectivity index (χ0) is 16.3. The third kappa shape index (κ3) is 4.73. The molecule has 0 N–H and O–H groups in total. The first-order valence-electron chi connectivity index (χ1n) is 6.55. The summed E-state index contributed by atoms with van der Waals surface area (Å²) in [5, 5.41) is 0.0294. The van der Waals surface area contributed by atoms with Gasteiger partial charge in [-0.1, -0.05) is 38.8 Å². The van der Waals surface area contributed by atoms with Gasteiger partial charge in [-0.05, 0) is 23.5 Å². The molecule has 0 radical (unpaired) electrons. The minimum atomic E-state index is -4.23. The second kappa shape index (κ2) is 6.81. The molecule has 7 heteroatoms. The van der Waals surface area contributed by atoms with Crippen LogP contribution in [0.3, 0.4) is 0 Å². The predicted octanol–water partition coefficient (Wildman–Crippen LogP) is 5.09. The average molecular weight is 328 g/mol. The summed E-state index contributed by atoms with van der Waals surface area (Å²) in [6.45, 7) is 4.60. The van der Waals surface area contributed by atoms with E-state index in [4.69, 9.17) is 11.6 Å². The number of aromatic nitrogens is 1. The monoisotopic (exact) mass is 327 g/mol. The molecule has 0 aliphatic heterocycles. The summed E-state index contributed by atoms with van der Waals surface area (Å²) in [5.41, 5.74) is 0.666. The molecule has 0 bridgehead atoms. The number of hydrogen-bond acceptors (Lipinski definition) is 2. The third-order valence-corrected chi connectivity index (χ3v) is 3.46. The Balaban J connectivity index is 2.84. The van der Waals surface area contributed by atoms with Gasteiger partial charge < -0.3 is 4.74 Å². The SMILES string of the molecule is CCCC(C)(C)c1cnc(OCC(F)(F)C(F)F)c(Cl)c1. The number of pyridine rings is 1. The van der Waals surface area contributed by atoms with Crippen molar-refractivity contribution in [3.8, 4) is 5.88 Å². The van der Waals surface area contributed by atoms with Crippen molar-refractivity contribution in [2.24, 2.45) is 0 Å². The predicted molar refractivity (Wildman–Crippen MR) is 73.6 cm³/mol. The molecule has 0 saturated heterocycles. The highest BCUT2D eigenvalue weighted by Gasteiger charge is 2.42. The smallest absolute Gasteiger partial charge is 0.340 e. The molecule has 21 heavy (non-hydrogen) atoms. The van der Waals surface area contributed by atoms with Crippen LogP contribution in [0.4, 0.5) is 17.6 Å². The molecule has 1 heterocycles. The zero-order valence-electron chi connectivity index (χ0n) is 12.1. The van der Waals surface area contributed by atoms with Crippen LogP contribution in [0.2, 0.25) is 5.02 Å². The van der Waals surface area contributed by atoms with Crippen LogP contribution in [0.25, 0.3) is 0 Å².